The largest absolute Gasteiger partial charge is 0.473 e. The summed E-state index contributed by atoms with van der Waals surface area (Å²) in [7, 11) is 0. The van der Waals surface area contributed by atoms with E-state index in [1.54, 1.807) is 12.3 Å². The SMILES string of the molecule is OCc1cnc(OC2CCCCC2)c(Cl)c1. The topological polar surface area (TPSA) is 42.4 Å². The Hall–Kier alpha value is -0.800. The van der Waals surface area contributed by atoms with Gasteiger partial charge in [-0.15, -0.1) is 0 Å². The maximum Gasteiger partial charge on any atom is 0.232 e. The van der Waals surface area contributed by atoms with Crippen molar-refractivity contribution in [2.45, 2.75) is 44.8 Å². The van der Waals surface area contributed by atoms with Crippen molar-refractivity contribution in [1.82, 2.24) is 4.98 Å². The molecule has 0 aliphatic heterocycles. The van der Waals surface area contributed by atoms with Gasteiger partial charge in [-0.3, -0.25) is 0 Å². The Balaban J connectivity index is 2.03. The summed E-state index contributed by atoms with van der Waals surface area (Å²) in [5, 5.41) is 9.42. The summed E-state index contributed by atoms with van der Waals surface area (Å²) in [6, 6.07) is 1.70. The molecule has 0 amide bonds. The van der Waals surface area contributed by atoms with Crippen molar-refractivity contribution in [3.8, 4) is 5.88 Å². The number of aromatic nitrogens is 1. The number of halogens is 1. The molecule has 1 aliphatic carbocycles. The van der Waals surface area contributed by atoms with Gasteiger partial charge in [-0.1, -0.05) is 18.0 Å². The fourth-order valence-corrected chi connectivity index (χ4v) is 2.21. The number of hydrogen-bond acceptors (Lipinski definition) is 3. The predicted molar refractivity (Wildman–Crippen MR) is 62.7 cm³/mol. The normalized spacial score (nSPS) is 17.4. The molecule has 0 aromatic carbocycles. The second kappa shape index (κ2) is 5.51. The van der Waals surface area contributed by atoms with Crippen molar-refractivity contribution >= 4 is 11.6 Å². The van der Waals surface area contributed by atoms with E-state index in [-0.39, 0.29) is 12.7 Å². The summed E-state index contributed by atoms with van der Waals surface area (Å²) in [4.78, 5) is 4.13. The Morgan fingerprint density at radius 3 is 2.75 bits per heavy atom. The number of nitrogens with zero attached hydrogens (tertiary/aromatic N) is 1. The van der Waals surface area contributed by atoms with E-state index in [1.807, 2.05) is 0 Å². The maximum atomic E-state index is 8.93. The van der Waals surface area contributed by atoms with E-state index < -0.39 is 0 Å². The van der Waals surface area contributed by atoms with Crippen molar-refractivity contribution in [3.63, 3.8) is 0 Å². The van der Waals surface area contributed by atoms with Crippen LogP contribution in [-0.2, 0) is 6.61 Å². The van der Waals surface area contributed by atoms with Gasteiger partial charge >= 0.3 is 0 Å². The minimum atomic E-state index is -0.0452. The van der Waals surface area contributed by atoms with Crippen LogP contribution in [-0.4, -0.2) is 16.2 Å². The van der Waals surface area contributed by atoms with Crippen LogP contribution < -0.4 is 4.74 Å². The van der Waals surface area contributed by atoms with Gasteiger partial charge in [-0.25, -0.2) is 4.98 Å². The molecule has 1 aliphatic rings. The fourth-order valence-electron chi connectivity index (χ4n) is 1.98. The number of ether oxygens (including phenoxy) is 1. The van der Waals surface area contributed by atoms with Crippen molar-refractivity contribution in [2.24, 2.45) is 0 Å². The fraction of sp³-hybridized carbons (Fsp3) is 0.583. The zero-order valence-electron chi connectivity index (χ0n) is 9.16. The van der Waals surface area contributed by atoms with Gasteiger partial charge in [0.05, 0.1) is 6.61 Å². The summed E-state index contributed by atoms with van der Waals surface area (Å²) in [5.41, 5.74) is 0.709. The lowest BCUT2D eigenvalue weighted by molar-refractivity contribution is 0.148. The second-order valence-electron chi connectivity index (χ2n) is 4.17. The molecule has 88 valence electrons. The molecule has 1 heterocycles. The number of pyridine rings is 1. The number of aliphatic hydroxyl groups excluding tert-OH is 1. The van der Waals surface area contributed by atoms with Crippen molar-refractivity contribution in [1.29, 1.82) is 0 Å². The average molecular weight is 242 g/mol. The van der Waals surface area contributed by atoms with E-state index in [1.165, 1.54) is 19.3 Å². The van der Waals surface area contributed by atoms with Crippen molar-refractivity contribution in [2.75, 3.05) is 0 Å². The van der Waals surface area contributed by atoms with Gasteiger partial charge in [0.2, 0.25) is 5.88 Å². The average Bonchev–Trinajstić information content (AvgIpc) is 2.33. The molecule has 0 unspecified atom stereocenters. The number of aliphatic hydroxyl groups is 1. The zero-order valence-corrected chi connectivity index (χ0v) is 9.91. The first-order valence-corrected chi connectivity index (χ1v) is 6.09. The molecule has 0 saturated heterocycles. The smallest absolute Gasteiger partial charge is 0.232 e. The molecule has 4 heteroatoms. The molecular formula is C12H16ClNO2. The van der Waals surface area contributed by atoms with Gasteiger partial charge < -0.3 is 9.84 Å². The van der Waals surface area contributed by atoms with E-state index in [9.17, 15) is 0 Å². The molecule has 1 fully saturated rings. The van der Waals surface area contributed by atoms with Crippen LogP contribution in [0.1, 0.15) is 37.7 Å². The van der Waals surface area contributed by atoms with Gasteiger partial charge in [0.15, 0.2) is 0 Å². The van der Waals surface area contributed by atoms with E-state index in [0.717, 1.165) is 12.8 Å². The van der Waals surface area contributed by atoms with Crippen LogP contribution in [0.4, 0.5) is 0 Å². The summed E-state index contributed by atoms with van der Waals surface area (Å²) in [5.74, 6) is 0.491. The van der Waals surface area contributed by atoms with Crippen LogP contribution in [0.15, 0.2) is 12.3 Å². The lowest BCUT2D eigenvalue weighted by Gasteiger charge is -2.22. The second-order valence-corrected chi connectivity index (χ2v) is 4.57. The van der Waals surface area contributed by atoms with Gasteiger partial charge in [0.25, 0.3) is 0 Å². The van der Waals surface area contributed by atoms with Crippen molar-refractivity contribution in [3.05, 3.63) is 22.8 Å². The third-order valence-corrected chi connectivity index (χ3v) is 3.15. The minimum absolute atomic E-state index is 0.0452. The van der Waals surface area contributed by atoms with Crippen LogP contribution in [0.2, 0.25) is 5.02 Å². The predicted octanol–water partition coefficient (Wildman–Crippen LogP) is 2.94. The molecule has 0 atom stereocenters. The van der Waals surface area contributed by atoms with Crippen LogP contribution in [0, 0.1) is 0 Å². The van der Waals surface area contributed by atoms with Gasteiger partial charge in [0.1, 0.15) is 11.1 Å². The molecule has 1 saturated carbocycles. The highest BCUT2D eigenvalue weighted by molar-refractivity contribution is 6.31. The highest BCUT2D eigenvalue weighted by atomic mass is 35.5. The molecule has 2 rings (SSSR count). The molecule has 1 aromatic rings. The highest BCUT2D eigenvalue weighted by Crippen LogP contribution is 2.27. The summed E-state index contributed by atoms with van der Waals surface area (Å²) in [6.45, 7) is -0.0452. The van der Waals surface area contributed by atoms with Crippen LogP contribution >= 0.6 is 11.6 Å². The lowest BCUT2D eigenvalue weighted by atomic mass is 9.98. The lowest BCUT2D eigenvalue weighted by Crippen LogP contribution is -2.20. The molecular weight excluding hydrogens is 226 g/mol. The van der Waals surface area contributed by atoms with Gasteiger partial charge in [-0.2, -0.15) is 0 Å². The first kappa shape index (κ1) is 11.7. The molecule has 0 radical (unpaired) electrons. The summed E-state index contributed by atoms with van der Waals surface area (Å²) < 4.78 is 5.76. The summed E-state index contributed by atoms with van der Waals surface area (Å²) >= 11 is 6.03. The zero-order chi connectivity index (χ0) is 11.4. The highest BCUT2D eigenvalue weighted by Gasteiger charge is 2.16. The van der Waals surface area contributed by atoms with Crippen LogP contribution in [0.25, 0.3) is 0 Å². The van der Waals surface area contributed by atoms with E-state index in [0.29, 0.717) is 16.5 Å². The van der Waals surface area contributed by atoms with Gasteiger partial charge in [0, 0.05) is 6.20 Å². The first-order valence-electron chi connectivity index (χ1n) is 5.71. The monoisotopic (exact) mass is 241 g/mol. The quantitative estimate of drug-likeness (QED) is 0.885. The Kier molecular flexibility index (Phi) is 4.02. The van der Waals surface area contributed by atoms with Crippen LogP contribution in [0.3, 0.4) is 0 Å². The third-order valence-electron chi connectivity index (χ3n) is 2.88. The van der Waals surface area contributed by atoms with E-state index in [2.05, 4.69) is 4.98 Å². The number of hydrogen-bond donors (Lipinski definition) is 1. The molecule has 0 spiro atoms. The first-order chi connectivity index (χ1) is 7.79. The minimum Gasteiger partial charge on any atom is -0.473 e. The summed E-state index contributed by atoms with van der Waals surface area (Å²) in [6.07, 6.45) is 7.75. The standard InChI is InChI=1S/C12H16ClNO2/c13-11-6-9(8-15)7-14-12(11)16-10-4-2-1-3-5-10/h6-7,10,15H,1-5,8H2. The maximum absolute atomic E-state index is 8.93. The van der Waals surface area contributed by atoms with E-state index in [4.69, 9.17) is 21.4 Å². The Morgan fingerprint density at radius 1 is 1.38 bits per heavy atom. The Morgan fingerprint density at radius 2 is 2.12 bits per heavy atom. The van der Waals surface area contributed by atoms with Crippen LogP contribution in [0.5, 0.6) is 5.88 Å². The van der Waals surface area contributed by atoms with E-state index >= 15 is 0 Å². The van der Waals surface area contributed by atoms with Crippen molar-refractivity contribution < 1.29 is 9.84 Å². The molecule has 0 bridgehead atoms. The molecule has 1 aromatic heterocycles. The molecule has 3 nitrogen and oxygen atoms in total. The molecule has 1 N–H and O–H groups in total. The number of rotatable bonds is 3. The third kappa shape index (κ3) is 2.86. The molecule has 16 heavy (non-hydrogen) atoms. The van der Waals surface area contributed by atoms with Gasteiger partial charge in [-0.05, 0) is 37.3 Å². The Labute approximate surface area is 100 Å². The Bertz CT molecular complexity index is 351.